The molecule has 0 spiro atoms. The van der Waals surface area contributed by atoms with Crippen molar-refractivity contribution in [3.8, 4) is 5.82 Å². The minimum atomic E-state index is -1.16. The van der Waals surface area contributed by atoms with Crippen LogP contribution in [0.2, 0.25) is 0 Å². The molecule has 0 saturated heterocycles. The van der Waals surface area contributed by atoms with Crippen LogP contribution in [0, 0.1) is 0 Å². The number of rotatable bonds is 4. The molecule has 0 bridgehead atoms. The smallest absolute Gasteiger partial charge is 0.356 e. The lowest BCUT2D eigenvalue weighted by molar-refractivity contribution is 0.0526. The molecule has 0 atom stereocenters. The van der Waals surface area contributed by atoms with Crippen LogP contribution in [-0.2, 0) is 4.74 Å². The van der Waals surface area contributed by atoms with Gasteiger partial charge in [-0.3, -0.25) is 0 Å². The van der Waals surface area contributed by atoms with Crippen molar-refractivity contribution in [2.45, 2.75) is 6.92 Å². The quantitative estimate of drug-likeness (QED) is 0.801. The van der Waals surface area contributed by atoms with E-state index in [1.165, 1.54) is 29.2 Å². The summed E-state index contributed by atoms with van der Waals surface area (Å²) in [5.41, 5.74) is 0.118. The average molecular weight is 262 g/mol. The molecule has 0 aliphatic carbocycles. The monoisotopic (exact) mass is 262 g/mol. The molecule has 0 unspecified atom stereocenters. The van der Waals surface area contributed by atoms with Gasteiger partial charge in [-0.1, -0.05) is 0 Å². The summed E-state index contributed by atoms with van der Waals surface area (Å²) in [5, 5.41) is 19.9. The standard InChI is InChI=1S/C11H10N4O4/c1-2-19-11(18)7-5-12-15(6-7)9-4-3-8(10(16)17)13-14-9/h3-6H,2H2,1H3,(H,16,17). The van der Waals surface area contributed by atoms with E-state index >= 15 is 0 Å². The van der Waals surface area contributed by atoms with Crippen molar-refractivity contribution in [2.75, 3.05) is 6.61 Å². The third-order valence-electron chi connectivity index (χ3n) is 2.20. The van der Waals surface area contributed by atoms with E-state index < -0.39 is 11.9 Å². The van der Waals surface area contributed by atoms with Crippen LogP contribution >= 0.6 is 0 Å². The number of esters is 1. The number of ether oxygens (including phenoxy) is 1. The molecular formula is C11H10N4O4. The minimum Gasteiger partial charge on any atom is -0.476 e. The Balaban J connectivity index is 2.23. The first-order valence-electron chi connectivity index (χ1n) is 5.41. The van der Waals surface area contributed by atoms with E-state index in [9.17, 15) is 9.59 Å². The Morgan fingerprint density at radius 3 is 2.74 bits per heavy atom. The summed E-state index contributed by atoms with van der Waals surface area (Å²) in [6.07, 6.45) is 2.77. The topological polar surface area (TPSA) is 107 Å². The van der Waals surface area contributed by atoms with Gasteiger partial charge in [0.1, 0.15) is 0 Å². The Morgan fingerprint density at radius 2 is 2.16 bits per heavy atom. The maximum Gasteiger partial charge on any atom is 0.356 e. The van der Waals surface area contributed by atoms with Gasteiger partial charge in [-0.25, -0.2) is 14.3 Å². The van der Waals surface area contributed by atoms with E-state index in [0.29, 0.717) is 5.82 Å². The molecule has 98 valence electrons. The molecule has 0 fully saturated rings. The third-order valence-corrected chi connectivity index (χ3v) is 2.20. The van der Waals surface area contributed by atoms with Crippen molar-refractivity contribution in [1.82, 2.24) is 20.0 Å². The molecule has 0 amide bonds. The Morgan fingerprint density at radius 1 is 1.37 bits per heavy atom. The van der Waals surface area contributed by atoms with Gasteiger partial charge in [-0.2, -0.15) is 5.10 Å². The summed E-state index contributed by atoms with van der Waals surface area (Å²) in [6.45, 7) is 1.98. The largest absolute Gasteiger partial charge is 0.476 e. The summed E-state index contributed by atoms with van der Waals surface area (Å²) in [6, 6.07) is 2.74. The molecule has 0 aromatic carbocycles. The predicted octanol–water partition coefficient (Wildman–Crippen LogP) is 0.537. The number of aromatic carboxylic acids is 1. The molecule has 0 aliphatic heterocycles. The highest BCUT2D eigenvalue weighted by Crippen LogP contribution is 2.06. The fourth-order valence-corrected chi connectivity index (χ4v) is 1.33. The Hall–Kier alpha value is -2.77. The van der Waals surface area contributed by atoms with Gasteiger partial charge in [0, 0.05) is 6.20 Å². The second-order valence-electron chi connectivity index (χ2n) is 3.48. The molecule has 2 heterocycles. The minimum absolute atomic E-state index is 0.165. The summed E-state index contributed by atoms with van der Waals surface area (Å²) in [7, 11) is 0. The first kappa shape index (κ1) is 12.7. The Bertz CT molecular complexity index is 605. The van der Waals surface area contributed by atoms with Gasteiger partial charge in [0.15, 0.2) is 11.5 Å². The van der Waals surface area contributed by atoms with E-state index in [0.717, 1.165) is 0 Å². The van der Waals surface area contributed by atoms with Gasteiger partial charge in [0.25, 0.3) is 0 Å². The Kier molecular flexibility index (Phi) is 3.51. The SMILES string of the molecule is CCOC(=O)c1cnn(-c2ccc(C(=O)O)nn2)c1. The average Bonchev–Trinajstić information content (AvgIpc) is 2.89. The van der Waals surface area contributed by atoms with Crippen molar-refractivity contribution in [3.05, 3.63) is 35.8 Å². The van der Waals surface area contributed by atoms with Gasteiger partial charge < -0.3 is 9.84 Å². The highest BCUT2D eigenvalue weighted by molar-refractivity contribution is 5.88. The number of carbonyl (C=O) groups is 2. The van der Waals surface area contributed by atoms with Crippen molar-refractivity contribution < 1.29 is 19.4 Å². The lowest BCUT2D eigenvalue weighted by Crippen LogP contribution is -2.06. The molecule has 0 aliphatic rings. The molecule has 8 nitrogen and oxygen atoms in total. The van der Waals surface area contributed by atoms with E-state index in [1.807, 2.05) is 0 Å². The predicted molar refractivity (Wildman–Crippen MR) is 62.1 cm³/mol. The fourth-order valence-electron chi connectivity index (χ4n) is 1.33. The van der Waals surface area contributed by atoms with E-state index in [2.05, 4.69) is 15.3 Å². The number of carbonyl (C=O) groups excluding carboxylic acids is 1. The van der Waals surface area contributed by atoms with E-state index in [-0.39, 0.29) is 17.9 Å². The van der Waals surface area contributed by atoms with Gasteiger partial charge in [-0.05, 0) is 19.1 Å². The normalized spacial score (nSPS) is 10.2. The van der Waals surface area contributed by atoms with E-state index in [4.69, 9.17) is 9.84 Å². The van der Waals surface area contributed by atoms with Crippen LogP contribution < -0.4 is 0 Å². The van der Waals surface area contributed by atoms with Crippen LogP contribution in [0.25, 0.3) is 5.82 Å². The zero-order valence-electron chi connectivity index (χ0n) is 9.98. The Labute approximate surface area is 107 Å². The molecule has 2 aromatic rings. The number of aromatic nitrogens is 4. The maximum atomic E-state index is 11.4. The molecular weight excluding hydrogens is 252 g/mol. The second-order valence-corrected chi connectivity index (χ2v) is 3.48. The van der Waals surface area contributed by atoms with Gasteiger partial charge in [-0.15, -0.1) is 10.2 Å². The number of carboxylic acids is 1. The summed E-state index contributed by atoms with van der Waals surface area (Å²) in [5.74, 6) is -1.34. The lowest BCUT2D eigenvalue weighted by atomic mass is 10.3. The molecule has 1 N–H and O–H groups in total. The van der Waals surface area contributed by atoms with Crippen LogP contribution in [0.5, 0.6) is 0 Å². The zero-order valence-corrected chi connectivity index (χ0v) is 9.98. The van der Waals surface area contributed by atoms with Gasteiger partial charge in [0.05, 0.1) is 18.4 Å². The van der Waals surface area contributed by atoms with Crippen molar-refractivity contribution in [2.24, 2.45) is 0 Å². The number of hydrogen-bond donors (Lipinski definition) is 1. The molecule has 2 rings (SSSR count). The van der Waals surface area contributed by atoms with Crippen LogP contribution in [0.1, 0.15) is 27.8 Å². The van der Waals surface area contributed by atoms with Crippen LogP contribution in [-0.4, -0.2) is 43.6 Å². The number of carboxylic acid groups (broad SMARTS) is 1. The van der Waals surface area contributed by atoms with Crippen molar-refractivity contribution >= 4 is 11.9 Å². The van der Waals surface area contributed by atoms with Crippen LogP contribution in [0.3, 0.4) is 0 Å². The number of nitrogens with zero attached hydrogens (tertiary/aromatic N) is 4. The third kappa shape index (κ3) is 2.73. The highest BCUT2D eigenvalue weighted by Gasteiger charge is 2.11. The summed E-state index contributed by atoms with van der Waals surface area (Å²) >= 11 is 0. The molecule has 0 saturated carbocycles. The second kappa shape index (κ2) is 5.25. The maximum absolute atomic E-state index is 11.4. The molecule has 8 heteroatoms. The van der Waals surface area contributed by atoms with Crippen molar-refractivity contribution in [1.29, 1.82) is 0 Å². The molecule has 19 heavy (non-hydrogen) atoms. The van der Waals surface area contributed by atoms with Crippen LogP contribution in [0.4, 0.5) is 0 Å². The number of hydrogen-bond acceptors (Lipinski definition) is 6. The highest BCUT2D eigenvalue weighted by atomic mass is 16.5. The van der Waals surface area contributed by atoms with Crippen LogP contribution in [0.15, 0.2) is 24.5 Å². The fraction of sp³-hybridized carbons (Fsp3) is 0.182. The van der Waals surface area contributed by atoms with Gasteiger partial charge >= 0.3 is 11.9 Å². The first-order valence-corrected chi connectivity index (χ1v) is 5.41. The first-order chi connectivity index (χ1) is 9.11. The zero-order chi connectivity index (χ0) is 13.8. The van der Waals surface area contributed by atoms with E-state index in [1.54, 1.807) is 6.92 Å². The summed E-state index contributed by atoms with van der Waals surface area (Å²) in [4.78, 5) is 22.1. The van der Waals surface area contributed by atoms with Gasteiger partial charge in [0.2, 0.25) is 0 Å². The lowest BCUT2D eigenvalue weighted by Gasteiger charge is -1.99. The molecule has 2 aromatic heterocycles. The summed E-state index contributed by atoms with van der Waals surface area (Å²) < 4.78 is 6.13. The van der Waals surface area contributed by atoms with Crippen molar-refractivity contribution in [3.63, 3.8) is 0 Å². The molecule has 0 radical (unpaired) electrons.